The second kappa shape index (κ2) is 8.80. The number of thiazole rings is 1. The number of carbonyl (C=O) groups excluding carboxylic acids is 1. The Labute approximate surface area is 175 Å². The maximum atomic E-state index is 12.5. The Balaban J connectivity index is 1.36. The summed E-state index contributed by atoms with van der Waals surface area (Å²) < 4.78 is 7.21. The molecule has 3 heterocycles. The lowest BCUT2D eigenvalue weighted by Crippen LogP contribution is -2.24. The maximum Gasteiger partial charge on any atom is 0.271 e. The van der Waals surface area contributed by atoms with Crippen LogP contribution in [0.3, 0.4) is 0 Å². The fourth-order valence-electron chi connectivity index (χ4n) is 2.52. The summed E-state index contributed by atoms with van der Waals surface area (Å²) in [6.45, 7) is 0.564. The van der Waals surface area contributed by atoms with Crippen molar-refractivity contribution in [3.63, 3.8) is 0 Å². The molecule has 8 nitrogen and oxygen atoms in total. The predicted octanol–water partition coefficient (Wildman–Crippen LogP) is 3.28. The van der Waals surface area contributed by atoms with Crippen LogP contribution in [0, 0.1) is 0 Å². The number of nitrogens with one attached hydrogen (secondary N) is 1. The van der Waals surface area contributed by atoms with Crippen molar-refractivity contribution in [3.8, 4) is 11.6 Å². The number of benzene rings is 1. The molecule has 0 aliphatic rings. The van der Waals surface area contributed by atoms with Crippen molar-refractivity contribution >= 4 is 28.8 Å². The topological polar surface area (TPSA) is 94.8 Å². The Kier molecular flexibility index (Phi) is 5.78. The fraction of sp³-hybridized carbons (Fsp3) is 0.105. The number of hydrogen-bond donors (Lipinski definition) is 1. The van der Waals surface area contributed by atoms with Crippen molar-refractivity contribution in [1.29, 1.82) is 0 Å². The number of rotatable bonds is 7. The van der Waals surface area contributed by atoms with Gasteiger partial charge in [-0.2, -0.15) is 5.10 Å². The average Bonchev–Trinajstić information content (AvgIpc) is 3.44. The first kappa shape index (κ1) is 19.0. The summed E-state index contributed by atoms with van der Waals surface area (Å²) in [5, 5.41) is 10.00. The molecule has 0 atom stereocenters. The Morgan fingerprint density at radius 2 is 2.10 bits per heavy atom. The van der Waals surface area contributed by atoms with Crippen molar-refractivity contribution in [2.24, 2.45) is 0 Å². The molecule has 0 aliphatic heterocycles. The monoisotopic (exact) mass is 426 g/mol. The Morgan fingerprint density at radius 3 is 2.90 bits per heavy atom. The first-order valence-corrected chi connectivity index (χ1v) is 9.84. The summed E-state index contributed by atoms with van der Waals surface area (Å²) in [6.07, 6.45) is 4.65. The molecule has 0 bridgehead atoms. The number of halogens is 1. The van der Waals surface area contributed by atoms with Crippen LogP contribution in [0.1, 0.15) is 21.1 Å². The molecule has 0 spiro atoms. The van der Waals surface area contributed by atoms with E-state index in [9.17, 15) is 4.79 Å². The van der Waals surface area contributed by atoms with Crippen LogP contribution in [0.2, 0.25) is 5.02 Å². The third-order valence-corrected chi connectivity index (χ3v) is 4.98. The zero-order valence-electron chi connectivity index (χ0n) is 15.0. The van der Waals surface area contributed by atoms with Crippen molar-refractivity contribution in [2.75, 3.05) is 0 Å². The van der Waals surface area contributed by atoms with Crippen LogP contribution in [0.15, 0.2) is 60.6 Å². The van der Waals surface area contributed by atoms with E-state index in [0.717, 1.165) is 5.56 Å². The number of nitrogens with zero attached hydrogens (tertiary/aromatic N) is 5. The molecule has 0 saturated carbocycles. The SMILES string of the molecule is O=C(NCc1cccnc1-n1cncn1)c1csc(COc2ccc(Cl)cc2)n1. The molecule has 0 unspecified atom stereocenters. The molecule has 4 rings (SSSR count). The highest BCUT2D eigenvalue weighted by molar-refractivity contribution is 7.09. The fourth-order valence-corrected chi connectivity index (χ4v) is 3.33. The molecule has 1 N–H and O–H groups in total. The first-order chi connectivity index (χ1) is 14.2. The molecule has 29 heavy (non-hydrogen) atoms. The van der Waals surface area contributed by atoms with E-state index in [1.54, 1.807) is 52.9 Å². The van der Waals surface area contributed by atoms with Gasteiger partial charge in [0.15, 0.2) is 5.82 Å². The minimum absolute atomic E-state index is 0.271. The summed E-state index contributed by atoms with van der Waals surface area (Å²) in [7, 11) is 0. The van der Waals surface area contributed by atoms with Gasteiger partial charge in [-0.3, -0.25) is 4.79 Å². The lowest BCUT2D eigenvalue weighted by Gasteiger charge is -2.08. The zero-order valence-corrected chi connectivity index (χ0v) is 16.6. The van der Waals surface area contributed by atoms with Gasteiger partial charge in [-0.1, -0.05) is 17.7 Å². The highest BCUT2D eigenvalue weighted by Crippen LogP contribution is 2.18. The van der Waals surface area contributed by atoms with Gasteiger partial charge in [0.05, 0.1) is 0 Å². The smallest absolute Gasteiger partial charge is 0.271 e. The van der Waals surface area contributed by atoms with Crippen LogP contribution in [0.4, 0.5) is 0 Å². The minimum Gasteiger partial charge on any atom is -0.486 e. The molecular weight excluding hydrogens is 412 g/mol. The van der Waals surface area contributed by atoms with Crippen LogP contribution in [0.5, 0.6) is 5.75 Å². The highest BCUT2D eigenvalue weighted by Gasteiger charge is 2.13. The van der Waals surface area contributed by atoms with E-state index in [-0.39, 0.29) is 19.1 Å². The zero-order chi connectivity index (χ0) is 20.1. The van der Waals surface area contributed by atoms with Gasteiger partial charge in [0.1, 0.15) is 35.7 Å². The maximum absolute atomic E-state index is 12.5. The molecule has 4 aromatic rings. The standard InChI is InChI=1S/C19H15ClN6O2S/c20-14-3-5-15(6-4-14)28-9-17-25-16(10-29-17)19(27)23-8-13-2-1-7-22-18(13)26-12-21-11-24-26/h1-7,10-12H,8-9H2,(H,23,27). The van der Waals surface area contributed by atoms with Crippen molar-refractivity contribution < 1.29 is 9.53 Å². The van der Waals surface area contributed by atoms with Gasteiger partial charge in [-0.15, -0.1) is 11.3 Å². The van der Waals surface area contributed by atoms with Crippen molar-refractivity contribution in [2.45, 2.75) is 13.2 Å². The number of aromatic nitrogens is 5. The lowest BCUT2D eigenvalue weighted by atomic mass is 10.2. The van der Waals surface area contributed by atoms with Crippen LogP contribution in [-0.2, 0) is 13.2 Å². The summed E-state index contributed by atoms with van der Waals surface area (Å²) in [5.41, 5.74) is 1.16. The Bertz CT molecular complexity index is 1100. The lowest BCUT2D eigenvalue weighted by molar-refractivity contribution is 0.0946. The summed E-state index contributed by atoms with van der Waals surface area (Å²) in [6, 6.07) is 10.7. The summed E-state index contributed by atoms with van der Waals surface area (Å²) >= 11 is 7.22. The molecular formula is C19H15ClN6O2S. The van der Waals surface area contributed by atoms with Crippen LogP contribution in [-0.4, -0.2) is 30.6 Å². The molecule has 0 radical (unpaired) electrons. The van der Waals surface area contributed by atoms with Crippen molar-refractivity contribution in [3.05, 3.63) is 81.9 Å². The Hall–Kier alpha value is -3.30. The van der Waals surface area contributed by atoms with Gasteiger partial charge in [0.25, 0.3) is 5.91 Å². The second-order valence-electron chi connectivity index (χ2n) is 5.88. The quantitative estimate of drug-likeness (QED) is 0.487. The molecule has 1 amide bonds. The normalized spacial score (nSPS) is 10.7. The number of amides is 1. The highest BCUT2D eigenvalue weighted by atomic mass is 35.5. The van der Waals surface area contributed by atoms with Gasteiger partial charge in [0, 0.05) is 28.7 Å². The van der Waals surface area contributed by atoms with Crippen LogP contribution in [0.25, 0.3) is 5.82 Å². The van der Waals surface area contributed by atoms with E-state index < -0.39 is 0 Å². The number of carbonyl (C=O) groups is 1. The number of ether oxygens (including phenoxy) is 1. The minimum atomic E-state index is -0.271. The predicted molar refractivity (Wildman–Crippen MR) is 108 cm³/mol. The Morgan fingerprint density at radius 1 is 1.24 bits per heavy atom. The summed E-state index contributed by atoms with van der Waals surface area (Å²) in [4.78, 5) is 25.0. The molecule has 0 fully saturated rings. The van der Waals surface area contributed by atoms with E-state index >= 15 is 0 Å². The van der Waals surface area contributed by atoms with Gasteiger partial charge in [0.2, 0.25) is 0 Å². The molecule has 3 aromatic heterocycles. The number of pyridine rings is 1. The number of hydrogen-bond acceptors (Lipinski definition) is 7. The third-order valence-electron chi connectivity index (χ3n) is 3.90. The largest absolute Gasteiger partial charge is 0.486 e. The van der Waals surface area contributed by atoms with Crippen molar-refractivity contribution in [1.82, 2.24) is 30.0 Å². The average molecular weight is 427 g/mol. The van der Waals surface area contributed by atoms with Gasteiger partial charge >= 0.3 is 0 Å². The van der Waals surface area contributed by atoms with E-state index in [1.165, 1.54) is 17.7 Å². The molecule has 0 saturated heterocycles. The van der Waals surface area contributed by atoms with Gasteiger partial charge in [-0.05, 0) is 30.3 Å². The molecule has 0 aliphatic carbocycles. The van der Waals surface area contributed by atoms with Crippen LogP contribution >= 0.6 is 22.9 Å². The van der Waals surface area contributed by atoms with E-state index in [2.05, 4.69) is 25.4 Å². The van der Waals surface area contributed by atoms with E-state index in [0.29, 0.717) is 27.3 Å². The first-order valence-electron chi connectivity index (χ1n) is 8.59. The van der Waals surface area contributed by atoms with E-state index in [4.69, 9.17) is 16.3 Å². The summed E-state index contributed by atoms with van der Waals surface area (Å²) in [5.74, 6) is 1.03. The second-order valence-corrected chi connectivity index (χ2v) is 7.26. The van der Waals surface area contributed by atoms with E-state index in [1.807, 2.05) is 6.07 Å². The molecule has 1 aromatic carbocycles. The van der Waals surface area contributed by atoms with Gasteiger partial charge in [-0.25, -0.2) is 19.6 Å². The van der Waals surface area contributed by atoms with Crippen LogP contribution < -0.4 is 10.1 Å². The third kappa shape index (κ3) is 4.76. The van der Waals surface area contributed by atoms with Gasteiger partial charge < -0.3 is 10.1 Å². The molecule has 10 heteroatoms. The molecule has 146 valence electrons.